The number of hydrogen-bond donors (Lipinski definition) is 0. The van der Waals surface area contributed by atoms with Crippen molar-refractivity contribution in [1.82, 2.24) is 0 Å². The molecule has 0 aromatic heterocycles. The Morgan fingerprint density at radius 3 is 1.91 bits per heavy atom. The first-order chi connectivity index (χ1) is 4.99. The second-order valence-electron chi connectivity index (χ2n) is 1.48. The van der Waals surface area contributed by atoms with E-state index in [2.05, 4.69) is 13.6 Å². The van der Waals surface area contributed by atoms with Gasteiger partial charge in [0.15, 0.2) is 6.61 Å². The Balaban J connectivity index is 3.51. The monoisotopic (exact) mass is 192 g/mol. The fourth-order valence-corrected chi connectivity index (χ4v) is 0.918. The highest BCUT2D eigenvalue weighted by molar-refractivity contribution is 7.41. The van der Waals surface area contributed by atoms with Crippen molar-refractivity contribution in [2.24, 2.45) is 0 Å². The molecule has 68 valence electrons. The minimum atomic E-state index is -4.34. The van der Waals surface area contributed by atoms with Gasteiger partial charge in [-0.15, -0.1) is 0 Å². The van der Waals surface area contributed by atoms with E-state index in [-0.39, 0.29) is 0 Å². The van der Waals surface area contributed by atoms with Crippen LogP contribution in [0.15, 0.2) is 0 Å². The largest absolute Gasteiger partial charge is 0.412 e. The Morgan fingerprint density at radius 1 is 1.18 bits per heavy atom. The molecule has 0 rings (SSSR count). The quantitative estimate of drug-likeness (QED) is 0.638. The fourth-order valence-electron chi connectivity index (χ4n) is 0.306. The van der Waals surface area contributed by atoms with E-state index < -0.39 is 21.4 Å². The third-order valence-electron chi connectivity index (χ3n) is 0.632. The van der Waals surface area contributed by atoms with Crippen LogP contribution in [0.2, 0.25) is 0 Å². The summed E-state index contributed by atoms with van der Waals surface area (Å²) in [6.45, 7) is -1.35. The zero-order valence-corrected chi connectivity index (χ0v) is 6.91. The number of halogens is 3. The molecule has 0 heterocycles. The van der Waals surface area contributed by atoms with Gasteiger partial charge in [-0.25, -0.2) is 0 Å². The average Bonchev–Trinajstić information content (AvgIpc) is 1.88. The van der Waals surface area contributed by atoms with Crippen molar-refractivity contribution >= 4 is 8.60 Å². The summed E-state index contributed by atoms with van der Waals surface area (Å²) in [6.07, 6.45) is -4.34. The molecule has 0 unspecified atom stereocenters. The van der Waals surface area contributed by atoms with Gasteiger partial charge in [-0.1, -0.05) is 0 Å². The molecule has 0 aliphatic heterocycles. The fraction of sp³-hybridized carbons (Fsp3) is 1.00. The molecule has 0 bridgehead atoms. The minimum absolute atomic E-state index is 1.21. The Hall–Kier alpha value is 0.100. The van der Waals surface area contributed by atoms with Crippen LogP contribution in [-0.4, -0.2) is 27.0 Å². The number of rotatable bonds is 4. The number of alkyl halides is 3. The summed E-state index contributed by atoms with van der Waals surface area (Å²) < 4.78 is 47.4. The second kappa shape index (κ2) is 4.87. The molecular formula is C4H8F3O3P. The summed E-state index contributed by atoms with van der Waals surface area (Å²) in [4.78, 5) is 0. The molecule has 0 fully saturated rings. The lowest BCUT2D eigenvalue weighted by molar-refractivity contribution is -0.155. The zero-order valence-electron chi connectivity index (χ0n) is 6.01. The standard InChI is InChI=1S/C4H8F3O3P/c1-8-11(9-2)10-3-4(5,6)7/h3H2,1-2H3. The molecule has 0 aromatic rings. The predicted molar refractivity (Wildman–Crippen MR) is 32.9 cm³/mol. The van der Waals surface area contributed by atoms with Gasteiger partial charge in [-0.2, -0.15) is 13.2 Å². The first-order valence-corrected chi connectivity index (χ1v) is 3.67. The van der Waals surface area contributed by atoms with Crippen LogP contribution in [0.1, 0.15) is 0 Å². The van der Waals surface area contributed by atoms with Gasteiger partial charge in [0.1, 0.15) is 0 Å². The van der Waals surface area contributed by atoms with Crippen LogP contribution in [0, 0.1) is 0 Å². The normalized spacial score (nSPS) is 12.5. The van der Waals surface area contributed by atoms with Gasteiger partial charge < -0.3 is 13.6 Å². The Bertz CT molecular complexity index is 103. The summed E-state index contributed by atoms with van der Waals surface area (Å²) >= 11 is 0. The van der Waals surface area contributed by atoms with Gasteiger partial charge in [0.25, 0.3) is 0 Å². The van der Waals surface area contributed by atoms with Crippen LogP contribution < -0.4 is 0 Å². The molecule has 0 aliphatic rings. The molecule has 0 amide bonds. The van der Waals surface area contributed by atoms with Crippen molar-refractivity contribution in [3.63, 3.8) is 0 Å². The molecule has 0 N–H and O–H groups in total. The third kappa shape index (κ3) is 6.50. The Labute approximate surface area is 63.4 Å². The second-order valence-corrected chi connectivity index (χ2v) is 2.91. The highest BCUT2D eigenvalue weighted by atomic mass is 31.2. The topological polar surface area (TPSA) is 27.7 Å². The lowest BCUT2D eigenvalue weighted by Crippen LogP contribution is -2.15. The van der Waals surface area contributed by atoms with Crippen LogP contribution in [0.25, 0.3) is 0 Å². The molecule has 0 spiro atoms. The maximum atomic E-state index is 11.5. The lowest BCUT2D eigenvalue weighted by atomic mass is 10.7. The molecule has 0 saturated carbocycles. The molecule has 0 radical (unpaired) electrons. The number of hydrogen-bond acceptors (Lipinski definition) is 3. The van der Waals surface area contributed by atoms with Crippen molar-refractivity contribution in [2.45, 2.75) is 6.18 Å². The van der Waals surface area contributed by atoms with Gasteiger partial charge in [0, 0.05) is 14.2 Å². The van der Waals surface area contributed by atoms with E-state index in [1.54, 1.807) is 0 Å². The Morgan fingerprint density at radius 2 is 1.64 bits per heavy atom. The third-order valence-corrected chi connectivity index (χ3v) is 1.57. The molecule has 3 nitrogen and oxygen atoms in total. The van der Waals surface area contributed by atoms with Crippen molar-refractivity contribution < 1.29 is 26.7 Å². The smallest absolute Gasteiger partial charge is 0.316 e. The van der Waals surface area contributed by atoms with E-state index in [9.17, 15) is 13.2 Å². The molecule has 11 heavy (non-hydrogen) atoms. The van der Waals surface area contributed by atoms with E-state index in [0.717, 1.165) is 0 Å². The SMILES string of the molecule is COP(OC)OCC(F)(F)F. The first kappa shape index (κ1) is 11.1. The van der Waals surface area contributed by atoms with Crippen molar-refractivity contribution in [1.29, 1.82) is 0 Å². The van der Waals surface area contributed by atoms with Crippen molar-refractivity contribution in [3.8, 4) is 0 Å². The van der Waals surface area contributed by atoms with E-state index in [4.69, 9.17) is 0 Å². The highest BCUT2D eigenvalue weighted by Gasteiger charge is 2.29. The summed E-state index contributed by atoms with van der Waals surface area (Å²) in [6, 6.07) is 0. The van der Waals surface area contributed by atoms with Crippen LogP contribution in [0.3, 0.4) is 0 Å². The molecule has 0 aromatic carbocycles. The van der Waals surface area contributed by atoms with Gasteiger partial charge >= 0.3 is 14.8 Å². The average molecular weight is 192 g/mol. The molecule has 0 saturated heterocycles. The van der Waals surface area contributed by atoms with E-state index in [1.807, 2.05) is 0 Å². The van der Waals surface area contributed by atoms with Crippen LogP contribution >= 0.6 is 8.60 Å². The van der Waals surface area contributed by atoms with E-state index in [0.29, 0.717) is 0 Å². The van der Waals surface area contributed by atoms with Crippen molar-refractivity contribution in [2.75, 3.05) is 20.8 Å². The molecular weight excluding hydrogens is 184 g/mol. The Kier molecular flexibility index (Phi) is 4.92. The summed E-state index contributed by atoms with van der Waals surface area (Å²) in [7, 11) is 0.587. The maximum absolute atomic E-state index is 11.5. The predicted octanol–water partition coefficient (Wildman–Crippen LogP) is 2.08. The van der Waals surface area contributed by atoms with E-state index >= 15 is 0 Å². The first-order valence-electron chi connectivity index (χ1n) is 2.57. The van der Waals surface area contributed by atoms with Crippen molar-refractivity contribution in [3.05, 3.63) is 0 Å². The van der Waals surface area contributed by atoms with E-state index in [1.165, 1.54) is 14.2 Å². The molecule has 0 atom stereocenters. The minimum Gasteiger partial charge on any atom is -0.316 e. The molecule has 7 heteroatoms. The molecule has 0 aliphatic carbocycles. The van der Waals surface area contributed by atoms with Crippen LogP contribution in [0.4, 0.5) is 13.2 Å². The summed E-state index contributed by atoms with van der Waals surface area (Å²) in [5.41, 5.74) is 0. The zero-order chi connectivity index (χ0) is 8.91. The summed E-state index contributed by atoms with van der Waals surface area (Å²) in [5, 5.41) is 0. The van der Waals surface area contributed by atoms with Crippen LogP contribution in [-0.2, 0) is 13.6 Å². The lowest BCUT2D eigenvalue weighted by Gasteiger charge is -2.12. The van der Waals surface area contributed by atoms with Gasteiger partial charge in [-0.3, -0.25) is 0 Å². The highest BCUT2D eigenvalue weighted by Crippen LogP contribution is 2.38. The van der Waals surface area contributed by atoms with Gasteiger partial charge in [-0.05, 0) is 0 Å². The van der Waals surface area contributed by atoms with Gasteiger partial charge in [0.05, 0.1) is 0 Å². The van der Waals surface area contributed by atoms with Gasteiger partial charge in [0.2, 0.25) is 0 Å². The van der Waals surface area contributed by atoms with Crippen LogP contribution in [0.5, 0.6) is 0 Å². The summed E-state index contributed by atoms with van der Waals surface area (Å²) in [5.74, 6) is 0. The maximum Gasteiger partial charge on any atom is 0.412 e.